The SMILES string of the molecule is CC[Si](CC)(CC)O[C@@H](CCOCc1ccccc1)[C@@H](C)C(=O)C[C@@H](O)[C@H](C)[C@H](OCOCc1ccc(OC)cc1)[C@@H](C)[C@@H](O[Si](C)(C)C(C)(C)C)[C@@H](C)CO[Si](c1ccccc1)(c1ccccc1)C(C)(C)C. The van der Waals surface area contributed by atoms with E-state index in [0.29, 0.717) is 32.8 Å². The van der Waals surface area contributed by atoms with Crippen LogP contribution in [-0.4, -0.2) is 87.4 Å². The maximum absolute atomic E-state index is 14.6. The summed E-state index contributed by atoms with van der Waals surface area (Å²) in [6, 6.07) is 42.4. The molecule has 0 heterocycles. The van der Waals surface area contributed by atoms with Gasteiger partial charge in [0.2, 0.25) is 0 Å². The van der Waals surface area contributed by atoms with Crippen molar-refractivity contribution in [2.75, 3.05) is 27.1 Å². The number of hydrogen-bond donors (Lipinski definition) is 1. The zero-order chi connectivity index (χ0) is 54.0. The summed E-state index contributed by atoms with van der Waals surface area (Å²) in [5.41, 5.74) is 2.09. The number of ether oxygens (including phenoxy) is 4. The largest absolute Gasteiger partial charge is 0.497 e. The molecule has 0 radical (unpaired) electrons. The molecule has 0 spiro atoms. The normalized spacial score (nSPS) is 16.2. The van der Waals surface area contributed by atoms with Crippen molar-refractivity contribution in [1.29, 1.82) is 0 Å². The lowest BCUT2D eigenvalue weighted by molar-refractivity contribution is -0.158. The van der Waals surface area contributed by atoms with E-state index in [9.17, 15) is 9.90 Å². The zero-order valence-corrected chi connectivity index (χ0v) is 50.9. The van der Waals surface area contributed by atoms with E-state index in [1.165, 1.54) is 10.4 Å². The predicted molar refractivity (Wildman–Crippen MR) is 308 cm³/mol. The Morgan fingerprint density at radius 2 is 1.14 bits per heavy atom. The average molecular weight is 1060 g/mol. The maximum atomic E-state index is 14.6. The number of benzene rings is 4. The van der Waals surface area contributed by atoms with E-state index in [-0.39, 0.29) is 53.1 Å². The number of hydrogen-bond acceptors (Lipinski definition) is 9. The molecule has 8 atom stereocenters. The smallest absolute Gasteiger partial charge is 0.261 e. The standard InChI is InChI=1S/C61H96O9Si3/c1-17-72(18-2,19-3)69-57(39-40-65-43-50-29-23-20-24-30-50)47(5)55(62)41-56(63)48(6)59(67-45-66-44-51-35-37-52(64-14)38-36-51)49(7)58(70-71(15,16)60(8,9)10)46(4)42-68-73(61(11,12)13,53-31-25-21-26-32-53)54-33-27-22-28-34-54/h20-38,46-49,56-59,63H,17-19,39-45H2,1-16H3/t46-,47-,48-,49-,56+,57-,58-,59-/m0/s1. The van der Waals surface area contributed by atoms with Crippen LogP contribution in [0, 0.1) is 23.7 Å². The third-order valence-corrected chi connectivity index (χ3v) is 30.3. The molecule has 73 heavy (non-hydrogen) atoms. The lowest BCUT2D eigenvalue weighted by Gasteiger charge is -2.47. The molecule has 0 fully saturated rings. The van der Waals surface area contributed by atoms with E-state index in [1.807, 2.05) is 56.3 Å². The minimum absolute atomic E-state index is 0.0150. The van der Waals surface area contributed by atoms with Gasteiger partial charge in [-0.15, -0.1) is 0 Å². The molecule has 1 N–H and O–H groups in total. The van der Waals surface area contributed by atoms with Crippen LogP contribution in [0.25, 0.3) is 0 Å². The molecule has 406 valence electrons. The lowest BCUT2D eigenvalue weighted by Crippen LogP contribution is -2.67. The minimum atomic E-state index is -2.90. The highest BCUT2D eigenvalue weighted by Gasteiger charge is 2.51. The Labute approximate surface area is 445 Å². The number of methoxy groups -OCH3 is 1. The van der Waals surface area contributed by atoms with Gasteiger partial charge in [-0.2, -0.15) is 0 Å². The molecule has 0 bridgehead atoms. The van der Waals surface area contributed by atoms with Crippen molar-refractivity contribution in [1.82, 2.24) is 0 Å². The summed E-state index contributed by atoms with van der Waals surface area (Å²) in [7, 11) is -5.79. The second-order valence-corrected chi connectivity index (χ2v) is 37.0. The molecular weight excluding hydrogens is 961 g/mol. The van der Waals surface area contributed by atoms with Gasteiger partial charge in [-0.05, 0) is 81.4 Å². The van der Waals surface area contributed by atoms with Crippen molar-refractivity contribution in [3.05, 3.63) is 126 Å². The summed E-state index contributed by atoms with van der Waals surface area (Å²) in [5, 5.41) is 14.6. The van der Waals surface area contributed by atoms with Gasteiger partial charge >= 0.3 is 0 Å². The van der Waals surface area contributed by atoms with Gasteiger partial charge in [0.25, 0.3) is 8.32 Å². The number of aliphatic hydroxyl groups is 1. The molecule has 0 aliphatic rings. The van der Waals surface area contributed by atoms with E-state index in [2.05, 4.69) is 162 Å². The van der Waals surface area contributed by atoms with E-state index >= 15 is 0 Å². The van der Waals surface area contributed by atoms with Crippen LogP contribution in [0.1, 0.15) is 114 Å². The molecule has 9 nitrogen and oxygen atoms in total. The Kier molecular flexibility index (Phi) is 24.5. The van der Waals surface area contributed by atoms with Crippen molar-refractivity contribution in [3.63, 3.8) is 0 Å². The molecule has 0 aliphatic carbocycles. The molecule has 0 amide bonds. The van der Waals surface area contributed by atoms with Crippen molar-refractivity contribution in [3.8, 4) is 5.75 Å². The predicted octanol–water partition coefficient (Wildman–Crippen LogP) is 13.4. The lowest BCUT2D eigenvalue weighted by atomic mass is 9.80. The number of Topliss-reactive ketones (excluding diaryl/α,β-unsaturated/α-hetero) is 1. The molecule has 0 aromatic heterocycles. The van der Waals surface area contributed by atoms with Crippen LogP contribution in [0.15, 0.2) is 115 Å². The van der Waals surface area contributed by atoms with Gasteiger partial charge in [-0.3, -0.25) is 4.79 Å². The molecule has 4 aromatic rings. The molecule has 4 aromatic carbocycles. The van der Waals surface area contributed by atoms with Crippen molar-refractivity contribution in [2.24, 2.45) is 23.7 Å². The number of aliphatic hydroxyl groups excluding tert-OH is 1. The molecule has 0 unspecified atom stereocenters. The minimum Gasteiger partial charge on any atom is -0.497 e. The summed E-state index contributed by atoms with van der Waals surface area (Å²) in [4.78, 5) is 14.6. The monoisotopic (exact) mass is 1060 g/mol. The highest BCUT2D eigenvalue weighted by atomic mass is 28.4. The van der Waals surface area contributed by atoms with Crippen molar-refractivity contribution >= 4 is 41.1 Å². The topological polar surface area (TPSA) is 102 Å². The van der Waals surface area contributed by atoms with Crippen LogP contribution in [-0.2, 0) is 45.5 Å². The van der Waals surface area contributed by atoms with Gasteiger partial charge in [0.15, 0.2) is 16.6 Å². The third-order valence-electron chi connectivity index (χ3n) is 16.2. The Morgan fingerprint density at radius 3 is 1.63 bits per heavy atom. The fraction of sp³-hybridized carbons (Fsp3) is 0.590. The van der Waals surface area contributed by atoms with Crippen LogP contribution in [0.4, 0.5) is 0 Å². The summed E-state index contributed by atoms with van der Waals surface area (Å²) in [5.74, 6) is -0.520. The van der Waals surface area contributed by atoms with Crippen LogP contribution in [0.2, 0.25) is 41.3 Å². The molecule has 0 saturated carbocycles. The first-order chi connectivity index (χ1) is 34.5. The first-order valence-electron chi connectivity index (χ1n) is 27.2. The molecule has 0 saturated heterocycles. The summed E-state index contributed by atoms with van der Waals surface area (Å²) < 4.78 is 47.0. The van der Waals surface area contributed by atoms with Gasteiger partial charge in [0, 0.05) is 43.3 Å². The summed E-state index contributed by atoms with van der Waals surface area (Å²) in [6.07, 6.45) is -1.67. The maximum Gasteiger partial charge on any atom is 0.261 e. The Morgan fingerprint density at radius 1 is 0.630 bits per heavy atom. The molecule has 12 heteroatoms. The Bertz CT molecular complexity index is 2110. The van der Waals surface area contributed by atoms with Gasteiger partial charge in [0.05, 0.1) is 44.7 Å². The summed E-state index contributed by atoms with van der Waals surface area (Å²) >= 11 is 0. The first kappa shape index (κ1) is 62.3. The van der Waals surface area contributed by atoms with Crippen LogP contribution < -0.4 is 15.1 Å². The molecular formula is C61H96O9Si3. The Hall–Kier alpha value is -3.28. The number of rotatable bonds is 32. The number of carbonyl (C=O) groups excluding carboxylic acids is 1. The average Bonchev–Trinajstić information content (AvgIpc) is 3.37. The fourth-order valence-electron chi connectivity index (χ4n) is 10.0. The second kappa shape index (κ2) is 28.7. The highest BCUT2D eigenvalue weighted by Crippen LogP contribution is 2.42. The van der Waals surface area contributed by atoms with Crippen molar-refractivity contribution in [2.45, 2.75) is 182 Å². The van der Waals surface area contributed by atoms with E-state index in [0.717, 1.165) is 35.0 Å². The van der Waals surface area contributed by atoms with Crippen LogP contribution >= 0.6 is 0 Å². The van der Waals surface area contributed by atoms with Gasteiger partial charge in [-0.1, -0.05) is 193 Å². The fourth-order valence-corrected chi connectivity index (χ4v) is 19.2. The van der Waals surface area contributed by atoms with Crippen molar-refractivity contribution < 1.29 is 42.1 Å². The second-order valence-electron chi connectivity index (χ2n) is 23.2. The van der Waals surface area contributed by atoms with Crippen LogP contribution in [0.3, 0.4) is 0 Å². The zero-order valence-electron chi connectivity index (χ0n) is 47.9. The number of ketones is 1. The number of carbonyl (C=O) groups is 1. The molecule has 0 aliphatic heterocycles. The molecule has 4 rings (SSSR count). The third kappa shape index (κ3) is 17.1. The van der Waals surface area contributed by atoms with Gasteiger partial charge < -0.3 is 37.3 Å². The summed E-state index contributed by atoms with van der Waals surface area (Å²) in [6.45, 7) is 35.1. The van der Waals surface area contributed by atoms with E-state index in [4.69, 9.17) is 32.2 Å². The first-order valence-corrected chi connectivity index (χ1v) is 34.6. The quantitative estimate of drug-likeness (QED) is 0.0291. The van der Waals surface area contributed by atoms with Crippen LogP contribution in [0.5, 0.6) is 5.75 Å². The van der Waals surface area contributed by atoms with Gasteiger partial charge in [-0.25, -0.2) is 0 Å². The Balaban J connectivity index is 1.69. The van der Waals surface area contributed by atoms with Gasteiger partial charge in [0.1, 0.15) is 18.3 Å². The highest BCUT2D eigenvalue weighted by molar-refractivity contribution is 6.99. The van der Waals surface area contributed by atoms with E-state index < -0.39 is 49.0 Å². The van der Waals surface area contributed by atoms with E-state index in [1.54, 1.807) is 7.11 Å².